The van der Waals surface area contributed by atoms with E-state index in [4.69, 9.17) is 0 Å². The second-order valence-corrected chi connectivity index (χ2v) is 5.19. The number of hydrogen-bond donors (Lipinski definition) is 0. The zero-order valence-corrected chi connectivity index (χ0v) is 8.65. The molecule has 0 radical (unpaired) electrons. The highest BCUT2D eigenvalue weighted by Gasteiger charge is 2.44. The van der Waals surface area contributed by atoms with E-state index in [0.717, 1.165) is 6.54 Å². The van der Waals surface area contributed by atoms with Crippen LogP contribution in [-0.4, -0.2) is 30.2 Å². The molecule has 1 rings (SSSR count). The van der Waals surface area contributed by atoms with Crippen molar-refractivity contribution in [1.82, 2.24) is 4.90 Å². The van der Waals surface area contributed by atoms with Crippen LogP contribution in [-0.2, 0) is 0 Å². The van der Waals surface area contributed by atoms with Gasteiger partial charge in [0.2, 0.25) is 0 Å². The van der Waals surface area contributed by atoms with Gasteiger partial charge in [0, 0.05) is 13.1 Å². The van der Waals surface area contributed by atoms with Gasteiger partial charge in [0.25, 0.3) is 0 Å². The molecule has 1 nitrogen and oxygen atoms in total. The van der Waals surface area contributed by atoms with E-state index in [2.05, 4.69) is 32.6 Å². The smallest absolute Gasteiger partial charge is 0.136 e. The monoisotopic (exact) mass is 173 g/mol. The summed E-state index contributed by atoms with van der Waals surface area (Å²) < 4.78 is 13.8. The summed E-state index contributed by atoms with van der Waals surface area (Å²) in [6.07, 6.45) is 0.691. The van der Waals surface area contributed by atoms with Crippen molar-refractivity contribution in [3.05, 3.63) is 0 Å². The molecule has 0 aliphatic carbocycles. The van der Waals surface area contributed by atoms with Gasteiger partial charge in [-0.3, -0.25) is 4.90 Å². The number of likely N-dealkylation sites (tertiary alicyclic amines) is 1. The Morgan fingerprint density at radius 3 is 2.17 bits per heavy atom. The quantitative estimate of drug-likeness (QED) is 0.620. The lowest BCUT2D eigenvalue weighted by atomic mass is 9.79. The Morgan fingerprint density at radius 2 is 1.83 bits per heavy atom. The van der Waals surface area contributed by atoms with Gasteiger partial charge in [0.05, 0.1) is 0 Å². The summed E-state index contributed by atoms with van der Waals surface area (Å²) in [7, 11) is 0. The van der Waals surface area contributed by atoms with Gasteiger partial charge < -0.3 is 0 Å². The number of halogens is 1. The first-order valence-electron chi connectivity index (χ1n) is 4.76. The van der Waals surface area contributed by atoms with Crippen LogP contribution < -0.4 is 0 Å². The Bertz CT molecular complexity index is 154. The summed E-state index contributed by atoms with van der Waals surface area (Å²) in [4.78, 5) is 2.14. The average molecular weight is 173 g/mol. The van der Waals surface area contributed by atoms with Crippen molar-refractivity contribution < 1.29 is 4.39 Å². The average Bonchev–Trinajstić information content (AvgIpc) is 1.78. The predicted octanol–water partition coefficient (Wildman–Crippen LogP) is 2.47. The Morgan fingerprint density at radius 1 is 1.33 bits per heavy atom. The zero-order valence-electron chi connectivity index (χ0n) is 8.65. The van der Waals surface area contributed by atoms with Crippen LogP contribution in [0, 0.1) is 5.41 Å². The van der Waals surface area contributed by atoms with Crippen LogP contribution in [0.1, 0.15) is 34.1 Å². The van der Waals surface area contributed by atoms with E-state index >= 15 is 0 Å². The van der Waals surface area contributed by atoms with Crippen LogP contribution in [0.2, 0.25) is 0 Å². The van der Waals surface area contributed by atoms with Gasteiger partial charge in [0.1, 0.15) is 5.67 Å². The summed E-state index contributed by atoms with van der Waals surface area (Å²) in [5.74, 6) is 0. The van der Waals surface area contributed by atoms with Crippen LogP contribution in [0.3, 0.4) is 0 Å². The molecule has 1 saturated heterocycles. The Hall–Kier alpha value is -0.110. The molecule has 0 N–H and O–H groups in total. The SMILES string of the molecule is CCN1CC(F)(CC(C)(C)C)C1. The lowest BCUT2D eigenvalue weighted by Gasteiger charge is -2.46. The van der Waals surface area contributed by atoms with Crippen molar-refractivity contribution in [3.8, 4) is 0 Å². The molecule has 12 heavy (non-hydrogen) atoms. The molecule has 0 aromatic rings. The number of alkyl halides is 1. The van der Waals surface area contributed by atoms with Crippen LogP contribution in [0.15, 0.2) is 0 Å². The van der Waals surface area contributed by atoms with Crippen molar-refractivity contribution >= 4 is 0 Å². The van der Waals surface area contributed by atoms with Crippen molar-refractivity contribution in [2.45, 2.75) is 39.8 Å². The first-order chi connectivity index (χ1) is 5.35. The molecule has 1 fully saturated rings. The molecular weight excluding hydrogens is 153 g/mol. The van der Waals surface area contributed by atoms with Crippen molar-refractivity contribution in [1.29, 1.82) is 0 Å². The van der Waals surface area contributed by atoms with Crippen LogP contribution in [0.5, 0.6) is 0 Å². The first kappa shape index (κ1) is 9.97. The summed E-state index contributed by atoms with van der Waals surface area (Å²) in [5.41, 5.74) is -0.775. The number of nitrogens with zero attached hydrogens (tertiary/aromatic N) is 1. The molecule has 0 saturated carbocycles. The molecule has 2 heteroatoms. The Kier molecular flexibility index (Phi) is 2.48. The third kappa shape index (κ3) is 2.44. The molecule has 1 aliphatic rings. The van der Waals surface area contributed by atoms with Gasteiger partial charge in [-0.1, -0.05) is 27.7 Å². The van der Waals surface area contributed by atoms with Gasteiger partial charge in [-0.2, -0.15) is 0 Å². The highest BCUT2D eigenvalue weighted by Crippen LogP contribution is 2.36. The third-order valence-electron chi connectivity index (χ3n) is 2.31. The van der Waals surface area contributed by atoms with E-state index in [0.29, 0.717) is 19.5 Å². The predicted molar refractivity (Wildman–Crippen MR) is 50.0 cm³/mol. The minimum atomic E-state index is -0.895. The topological polar surface area (TPSA) is 3.24 Å². The minimum Gasteiger partial charge on any atom is -0.297 e. The summed E-state index contributed by atoms with van der Waals surface area (Å²) in [5, 5.41) is 0. The highest BCUT2D eigenvalue weighted by atomic mass is 19.1. The number of hydrogen-bond acceptors (Lipinski definition) is 1. The fourth-order valence-electron chi connectivity index (χ4n) is 2.04. The van der Waals surface area contributed by atoms with E-state index in [1.807, 2.05) is 0 Å². The normalized spacial score (nSPS) is 23.8. The number of rotatable bonds is 2. The van der Waals surface area contributed by atoms with Crippen LogP contribution in [0.25, 0.3) is 0 Å². The molecule has 0 bridgehead atoms. The fraction of sp³-hybridized carbons (Fsp3) is 1.00. The van der Waals surface area contributed by atoms with E-state index in [-0.39, 0.29) is 5.41 Å². The maximum Gasteiger partial charge on any atom is 0.136 e. The zero-order chi connectivity index (χ0) is 9.41. The second-order valence-electron chi connectivity index (χ2n) is 5.19. The van der Waals surface area contributed by atoms with Crippen molar-refractivity contribution in [2.75, 3.05) is 19.6 Å². The fourth-order valence-corrected chi connectivity index (χ4v) is 2.04. The van der Waals surface area contributed by atoms with Gasteiger partial charge in [0.15, 0.2) is 0 Å². The lowest BCUT2D eigenvalue weighted by Crippen LogP contribution is -2.59. The second kappa shape index (κ2) is 2.99. The standard InChI is InChI=1S/C10H20FN/c1-5-12-7-10(11,8-12)6-9(2,3)4/h5-8H2,1-4H3. The van der Waals surface area contributed by atoms with Gasteiger partial charge in [-0.15, -0.1) is 0 Å². The molecule has 0 atom stereocenters. The molecule has 0 aromatic heterocycles. The molecule has 72 valence electrons. The molecule has 1 heterocycles. The molecule has 0 aromatic carbocycles. The summed E-state index contributed by atoms with van der Waals surface area (Å²) in [6, 6.07) is 0. The molecule has 0 amide bonds. The molecule has 1 aliphatic heterocycles. The van der Waals surface area contributed by atoms with Crippen molar-refractivity contribution in [2.24, 2.45) is 5.41 Å². The maximum absolute atomic E-state index is 13.8. The maximum atomic E-state index is 13.8. The lowest BCUT2D eigenvalue weighted by molar-refractivity contribution is -0.0541. The third-order valence-corrected chi connectivity index (χ3v) is 2.31. The Balaban J connectivity index is 2.35. The van der Waals surface area contributed by atoms with Gasteiger partial charge in [-0.25, -0.2) is 4.39 Å². The summed E-state index contributed by atoms with van der Waals surface area (Å²) >= 11 is 0. The first-order valence-corrected chi connectivity index (χ1v) is 4.76. The van der Waals surface area contributed by atoms with Crippen molar-refractivity contribution in [3.63, 3.8) is 0 Å². The van der Waals surface area contributed by atoms with E-state index < -0.39 is 5.67 Å². The molecular formula is C10H20FN. The Labute approximate surface area is 74.9 Å². The molecule has 0 spiro atoms. The summed E-state index contributed by atoms with van der Waals surface area (Å²) in [6.45, 7) is 10.6. The van der Waals surface area contributed by atoms with Gasteiger partial charge >= 0.3 is 0 Å². The van der Waals surface area contributed by atoms with Crippen LogP contribution >= 0.6 is 0 Å². The molecule has 0 unspecified atom stereocenters. The van der Waals surface area contributed by atoms with E-state index in [1.54, 1.807) is 0 Å². The minimum absolute atomic E-state index is 0.120. The van der Waals surface area contributed by atoms with E-state index in [1.165, 1.54) is 0 Å². The largest absolute Gasteiger partial charge is 0.297 e. The highest BCUT2D eigenvalue weighted by molar-refractivity contribution is 4.97. The van der Waals surface area contributed by atoms with Gasteiger partial charge in [-0.05, 0) is 18.4 Å². The van der Waals surface area contributed by atoms with Crippen LogP contribution in [0.4, 0.5) is 4.39 Å². The van der Waals surface area contributed by atoms with E-state index in [9.17, 15) is 4.39 Å².